The van der Waals surface area contributed by atoms with Crippen LogP contribution in [0, 0.1) is 5.92 Å². The molecule has 0 unspecified atom stereocenters. The van der Waals surface area contributed by atoms with Gasteiger partial charge in [-0.05, 0) is 55.3 Å². The van der Waals surface area contributed by atoms with Crippen LogP contribution in [0.3, 0.4) is 0 Å². The zero-order valence-corrected chi connectivity index (χ0v) is 15.7. The van der Waals surface area contributed by atoms with Crippen molar-refractivity contribution in [2.75, 3.05) is 10.6 Å². The van der Waals surface area contributed by atoms with Crippen molar-refractivity contribution < 1.29 is 19.2 Å². The number of benzene rings is 2. The maximum atomic E-state index is 12.4. The molecule has 2 aromatic carbocycles. The summed E-state index contributed by atoms with van der Waals surface area (Å²) in [6, 6.07) is 11.1. The number of imide groups is 1. The Balaban J connectivity index is 1.67. The van der Waals surface area contributed by atoms with Crippen LogP contribution in [0.5, 0.6) is 0 Å². The Bertz CT molecular complexity index is 947. The van der Waals surface area contributed by atoms with Crippen LogP contribution in [-0.4, -0.2) is 23.6 Å². The van der Waals surface area contributed by atoms with Gasteiger partial charge in [-0.25, -0.2) is 0 Å². The van der Waals surface area contributed by atoms with E-state index in [0.29, 0.717) is 22.5 Å². The van der Waals surface area contributed by atoms with Gasteiger partial charge in [0.05, 0.1) is 11.1 Å². The SMILES string of the molecule is CCC(CC)C(=O)Nc1ccc(C(=O)Nc2ccc3c(c2)C(=O)NC3=O)cc1. The zero-order chi connectivity index (χ0) is 20.3. The van der Waals surface area contributed by atoms with E-state index in [4.69, 9.17) is 0 Å². The number of hydrogen-bond donors (Lipinski definition) is 3. The van der Waals surface area contributed by atoms with E-state index in [1.807, 2.05) is 13.8 Å². The van der Waals surface area contributed by atoms with Crippen molar-refractivity contribution in [3.63, 3.8) is 0 Å². The second kappa shape index (κ2) is 8.04. The number of amides is 4. The van der Waals surface area contributed by atoms with E-state index in [0.717, 1.165) is 12.8 Å². The molecule has 0 aliphatic carbocycles. The molecule has 3 rings (SSSR count). The second-order valence-corrected chi connectivity index (χ2v) is 6.58. The summed E-state index contributed by atoms with van der Waals surface area (Å²) >= 11 is 0. The van der Waals surface area contributed by atoms with Gasteiger partial charge in [-0.2, -0.15) is 0 Å². The first kappa shape index (κ1) is 19.3. The van der Waals surface area contributed by atoms with Gasteiger partial charge in [-0.3, -0.25) is 24.5 Å². The van der Waals surface area contributed by atoms with Gasteiger partial charge < -0.3 is 10.6 Å². The Morgan fingerprint density at radius 3 is 2.11 bits per heavy atom. The standard InChI is InChI=1S/C21H21N3O4/c1-3-12(4-2)18(25)22-14-7-5-13(6-8-14)19(26)23-15-9-10-16-17(11-15)21(28)24-20(16)27/h5-12H,3-4H2,1-2H3,(H,22,25)(H,23,26)(H,24,27,28). The van der Waals surface area contributed by atoms with Gasteiger partial charge in [-0.1, -0.05) is 13.8 Å². The van der Waals surface area contributed by atoms with Crippen LogP contribution < -0.4 is 16.0 Å². The molecule has 1 heterocycles. The molecular formula is C21H21N3O4. The van der Waals surface area contributed by atoms with Crippen molar-refractivity contribution in [1.29, 1.82) is 0 Å². The Hall–Kier alpha value is -3.48. The summed E-state index contributed by atoms with van der Waals surface area (Å²) < 4.78 is 0. The molecule has 2 aromatic rings. The molecule has 3 N–H and O–H groups in total. The van der Waals surface area contributed by atoms with Crippen LogP contribution in [0.2, 0.25) is 0 Å². The van der Waals surface area contributed by atoms with Crippen molar-refractivity contribution in [1.82, 2.24) is 5.32 Å². The Kier molecular flexibility index (Phi) is 5.54. The van der Waals surface area contributed by atoms with E-state index in [1.54, 1.807) is 30.3 Å². The first-order valence-electron chi connectivity index (χ1n) is 9.15. The average Bonchev–Trinajstić information content (AvgIpc) is 2.96. The van der Waals surface area contributed by atoms with Crippen molar-refractivity contribution in [2.24, 2.45) is 5.92 Å². The van der Waals surface area contributed by atoms with Crippen LogP contribution in [0.4, 0.5) is 11.4 Å². The number of carbonyl (C=O) groups excluding carboxylic acids is 4. The van der Waals surface area contributed by atoms with Gasteiger partial charge in [0.1, 0.15) is 0 Å². The minimum atomic E-state index is -0.478. The molecule has 0 saturated heterocycles. The third kappa shape index (κ3) is 3.93. The largest absolute Gasteiger partial charge is 0.326 e. The predicted octanol–water partition coefficient (Wildman–Crippen LogP) is 3.20. The van der Waals surface area contributed by atoms with Gasteiger partial charge in [0, 0.05) is 22.9 Å². The lowest BCUT2D eigenvalue weighted by Gasteiger charge is -2.13. The molecule has 1 aliphatic heterocycles. The molecular weight excluding hydrogens is 358 g/mol. The number of carbonyl (C=O) groups is 4. The summed E-state index contributed by atoms with van der Waals surface area (Å²) in [6.45, 7) is 3.94. The third-order valence-electron chi connectivity index (χ3n) is 4.76. The second-order valence-electron chi connectivity index (χ2n) is 6.58. The molecule has 1 aliphatic rings. The lowest BCUT2D eigenvalue weighted by atomic mass is 10.0. The lowest BCUT2D eigenvalue weighted by molar-refractivity contribution is -0.120. The minimum Gasteiger partial charge on any atom is -0.326 e. The molecule has 0 atom stereocenters. The molecule has 0 spiro atoms. The van der Waals surface area contributed by atoms with Crippen molar-refractivity contribution >= 4 is 35.0 Å². The molecule has 0 saturated carbocycles. The molecule has 144 valence electrons. The van der Waals surface area contributed by atoms with Gasteiger partial charge >= 0.3 is 0 Å². The van der Waals surface area contributed by atoms with Crippen LogP contribution >= 0.6 is 0 Å². The summed E-state index contributed by atoms with van der Waals surface area (Å²) in [4.78, 5) is 47.9. The van der Waals surface area contributed by atoms with Gasteiger partial charge in [0.25, 0.3) is 17.7 Å². The quantitative estimate of drug-likeness (QED) is 0.670. The maximum Gasteiger partial charge on any atom is 0.259 e. The van der Waals surface area contributed by atoms with E-state index in [1.165, 1.54) is 12.1 Å². The molecule has 0 fully saturated rings. The van der Waals surface area contributed by atoms with Crippen molar-refractivity contribution in [3.05, 3.63) is 59.2 Å². The van der Waals surface area contributed by atoms with Gasteiger partial charge in [0.15, 0.2) is 0 Å². The van der Waals surface area contributed by atoms with E-state index in [2.05, 4.69) is 16.0 Å². The fourth-order valence-electron chi connectivity index (χ4n) is 3.06. The summed E-state index contributed by atoms with van der Waals surface area (Å²) in [5, 5.41) is 7.76. The highest BCUT2D eigenvalue weighted by Gasteiger charge is 2.26. The zero-order valence-electron chi connectivity index (χ0n) is 15.7. The Morgan fingerprint density at radius 1 is 0.857 bits per heavy atom. The van der Waals surface area contributed by atoms with Crippen LogP contribution in [-0.2, 0) is 4.79 Å². The van der Waals surface area contributed by atoms with E-state index < -0.39 is 11.8 Å². The van der Waals surface area contributed by atoms with Crippen LogP contribution in [0.25, 0.3) is 0 Å². The molecule has 0 bridgehead atoms. The fourth-order valence-corrected chi connectivity index (χ4v) is 3.06. The molecule has 28 heavy (non-hydrogen) atoms. The minimum absolute atomic E-state index is 0.0341. The summed E-state index contributed by atoms with van der Waals surface area (Å²) in [6.07, 6.45) is 1.54. The van der Waals surface area contributed by atoms with E-state index >= 15 is 0 Å². The Labute approximate surface area is 162 Å². The highest BCUT2D eigenvalue weighted by molar-refractivity contribution is 6.22. The monoisotopic (exact) mass is 379 g/mol. The normalized spacial score (nSPS) is 12.5. The number of fused-ring (bicyclic) bond motifs is 1. The number of anilines is 2. The summed E-state index contributed by atoms with van der Waals surface area (Å²) in [5.41, 5.74) is 1.98. The molecule has 7 nitrogen and oxygen atoms in total. The van der Waals surface area contributed by atoms with E-state index in [-0.39, 0.29) is 23.3 Å². The first-order valence-corrected chi connectivity index (χ1v) is 9.15. The van der Waals surface area contributed by atoms with Gasteiger partial charge in [-0.15, -0.1) is 0 Å². The van der Waals surface area contributed by atoms with Crippen molar-refractivity contribution in [3.8, 4) is 0 Å². The summed E-state index contributed by atoms with van der Waals surface area (Å²) in [7, 11) is 0. The molecule has 4 amide bonds. The third-order valence-corrected chi connectivity index (χ3v) is 4.76. The van der Waals surface area contributed by atoms with Crippen LogP contribution in [0.15, 0.2) is 42.5 Å². The lowest BCUT2D eigenvalue weighted by Crippen LogP contribution is -2.21. The Morgan fingerprint density at radius 2 is 1.46 bits per heavy atom. The number of hydrogen-bond acceptors (Lipinski definition) is 4. The smallest absolute Gasteiger partial charge is 0.259 e. The first-order chi connectivity index (χ1) is 13.4. The van der Waals surface area contributed by atoms with Crippen LogP contribution in [0.1, 0.15) is 57.8 Å². The molecule has 0 aromatic heterocycles. The average molecular weight is 379 g/mol. The maximum absolute atomic E-state index is 12.4. The highest BCUT2D eigenvalue weighted by Crippen LogP contribution is 2.21. The molecule has 7 heteroatoms. The topological polar surface area (TPSA) is 104 Å². The summed E-state index contributed by atoms with van der Waals surface area (Å²) in [5.74, 6) is -1.35. The van der Waals surface area contributed by atoms with Gasteiger partial charge in [0.2, 0.25) is 5.91 Å². The molecule has 0 radical (unpaired) electrons. The number of rotatable bonds is 6. The van der Waals surface area contributed by atoms with Crippen molar-refractivity contribution in [2.45, 2.75) is 26.7 Å². The number of nitrogens with one attached hydrogen (secondary N) is 3. The fraction of sp³-hybridized carbons (Fsp3) is 0.238. The predicted molar refractivity (Wildman–Crippen MR) is 105 cm³/mol. The highest BCUT2D eigenvalue weighted by atomic mass is 16.2. The van der Waals surface area contributed by atoms with E-state index in [9.17, 15) is 19.2 Å².